The van der Waals surface area contributed by atoms with Crippen LogP contribution in [-0.4, -0.2) is 25.5 Å². The van der Waals surface area contributed by atoms with Crippen LogP contribution in [0.4, 0.5) is 0 Å². The standard InChI is InChI=1S/C29H42O4/c1-3-5-7-9-26(30)33-27-22-31-25(21-32-27)23-10-12-24(13-11-23)29-18-15-28(16-19-29,17-20-29)14-8-6-4-2/h3,5,10-13,25,27H,4,6-9,14-22H2,1-2H3/b5-3+. The van der Waals surface area contributed by atoms with Crippen LogP contribution in [0.1, 0.15) is 108 Å². The molecular formula is C29H42O4. The Bertz CT molecular complexity index is 764. The Morgan fingerprint density at radius 3 is 2.36 bits per heavy atom. The number of fused-ring (bicyclic) bond motifs is 3. The van der Waals surface area contributed by atoms with Crippen molar-refractivity contribution in [3.63, 3.8) is 0 Å². The summed E-state index contributed by atoms with van der Waals surface area (Å²) in [5.41, 5.74) is 3.70. The molecule has 0 spiro atoms. The number of ether oxygens (including phenoxy) is 3. The molecule has 3 aliphatic carbocycles. The van der Waals surface area contributed by atoms with Gasteiger partial charge in [-0.15, -0.1) is 0 Å². The SMILES string of the molecule is C/C=C/CCC(=O)OC1COC(c2ccc(C34CCC(CCCCC)(CC3)CC4)cc2)CO1. The van der Waals surface area contributed by atoms with Crippen molar-refractivity contribution in [1.29, 1.82) is 0 Å². The summed E-state index contributed by atoms with van der Waals surface area (Å²) in [4.78, 5) is 11.9. The van der Waals surface area contributed by atoms with Crippen molar-refractivity contribution < 1.29 is 19.0 Å². The minimum Gasteiger partial charge on any atom is -0.433 e. The zero-order valence-corrected chi connectivity index (χ0v) is 20.7. The van der Waals surface area contributed by atoms with Crippen LogP contribution in [0.3, 0.4) is 0 Å². The van der Waals surface area contributed by atoms with Gasteiger partial charge in [-0.25, -0.2) is 0 Å². The van der Waals surface area contributed by atoms with E-state index >= 15 is 0 Å². The molecule has 5 rings (SSSR count). The molecule has 4 aliphatic rings. The molecule has 2 unspecified atom stereocenters. The van der Waals surface area contributed by atoms with E-state index in [1.165, 1.54) is 69.8 Å². The maximum Gasteiger partial charge on any atom is 0.308 e. The molecule has 1 heterocycles. The quantitative estimate of drug-likeness (QED) is 0.213. The second-order valence-corrected chi connectivity index (χ2v) is 10.5. The highest BCUT2D eigenvalue weighted by Crippen LogP contribution is 2.59. The minimum absolute atomic E-state index is 0.0987. The van der Waals surface area contributed by atoms with Gasteiger partial charge in [0.15, 0.2) is 0 Å². The highest BCUT2D eigenvalue weighted by atomic mass is 16.7. The molecule has 2 bridgehead atoms. The molecule has 1 aliphatic heterocycles. The van der Waals surface area contributed by atoms with E-state index in [4.69, 9.17) is 14.2 Å². The van der Waals surface area contributed by atoms with Crippen LogP contribution in [0.2, 0.25) is 0 Å². The third kappa shape index (κ3) is 5.89. The number of unbranched alkanes of at least 4 members (excludes halogenated alkanes) is 2. The van der Waals surface area contributed by atoms with Crippen molar-refractivity contribution in [2.45, 2.75) is 109 Å². The fraction of sp³-hybridized carbons (Fsp3) is 0.690. The fourth-order valence-corrected chi connectivity index (χ4v) is 6.19. The van der Waals surface area contributed by atoms with E-state index in [1.54, 1.807) is 0 Å². The molecule has 0 amide bonds. The Morgan fingerprint density at radius 2 is 1.76 bits per heavy atom. The van der Waals surface area contributed by atoms with E-state index in [2.05, 4.69) is 31.2 Å². The van der Waals surface area contributed by atoms with Crippen molar-refractivity contribution >= 4 is 5.97 Å². The zero-order chi connectivity index (χ0) is 23.2. The van der Waals surface area contributed by atoms with E-state index in [9.17, 15) is 4.79 Å². The van der Waals surface area contributed by atoms with Gasteiger partial charge in [0, 0.05) is 6.42 Å². The van der Waals surface area contributed by atoms with E-state index in [-0.39, 0.29) is 18.7 Å². The largest absolute Gasteiger partial charge is 0.433 e. The predicted octanol–water partition coefficient (Wildman–Crippen LogP) is 7.17. The summed E-state index contributed by atoms with van der Waals surface area (Å²) in [6.45, 7) is 4.95. The number of allylic oxidation sites excluding steroid dienone is 2. The van der Waals surface area contributed by atoms with Gasteiger partial charge in [-0.2, -0.15) is 0 Å². The molecule has 1 aromatic rings. The summed E-state index contributed by atoms with van der Waals surface area (Å²) >= 11 is 0. The lowest BCUT2D eigenvalue weighted by atomic mass is 9.51. The Labute approximate surface area is 200 Å². The summed E-state index contributed by atoms with van der Waals surface area (Å²) in [5, 5.41) is 0. The van der Waals surface area contributed by atoms with Crippen LogP contribution in [0.25, 0.3) is 0 Å². The number of hydrogen-bond acceptors (Lipinski definition) is 4. The number of esters is 1. The Kier molecular flexibility index (Phi) is 8.29. The molecule has 4 fully saturated rings. The van der Waals surface area contributed by atoms with E-state index < -0.39 is 6.29 Å². The summed E-state index contributed by atoms with van der Waals surface area (Å²) in [7, 11) is 0. The Balaban J connectivity index is 1.26. The molecular weight excluding hydrogens is 412 g/mol. The first-order chi connectivity index (χ1) is 16.1. The minimum atomic E-state index is -0.598. The first-order valence-corrected chi connectivity index (χ1v) is 13.2. The molecule has 33 heavy (non-hydrogen) atoms. The molecule has 4 nitrogen and oxygen atoms in total. The van der Waals surface area contributed by atoms with Crippen LogP contribution < -0.4 is 0 Å². The lowest BCUT2D eigenvalue weighted by molar-refractivity contribution is -0.233. The number of benzene rings is 1. The first-order valence-electron chi connectivity index (χ1n) is 13.2. The van der Waals surface area contributed by atoms with Crippen molar-refractivity contribution in [3.8, 4) is 0 Å². The fourth-order valence-electron chi connectivity index (χ4n) is 6.19. The molecule has 0 aromatic heterocycles. The van der Waals surface area contributed by atoms with E-state index in [0.717, 1.165) is 5.56 Å². The van der Waals surface area contributed by atoms with Gasteiger partial charge in [-0.05, 0) is 80.2 Å². The molecule has 1 saturated heterocycles. The Morgan fingerprint density at radius 1 is 1.03 bits per heavy atom. The molecule has 1 aromatic carbocycles. The highest BCUT2D eigenvalue weighted by Gasteiger charge is 2.48. The van der Waals surface area contributed by atoms with Crippen molar-refractivity contribution in [2.75, 3.05) is 13.2 Å². The monoisotopic (exact) mass is 454 g/mol. The van der Waals surface area contributed by atoms with Crippen molar-refractivity contribution in [3.05, 3.63) is 47.5 Å². The van der Waals surface area contributed by atoms with Gasteiger partial charge in [0.25, 0.3) is 0 Å². The third-order valence-electron chi connectivity index (χ3n) is 8.49. The molecule has 4 heteroatoms. The van der Waals surface area contributed by atoms with Gasteiger partial charge in [-0.3, -0.25) is 4.79 Å². The average molecular weight is 455 g/mol. The highest BCUT2D eigenvalue weighted by molar-refractivity contribution is 5.69. The van der Waals surface area contributed by atoms with E-state index in [0.29, 0.717) is 30.3 Å². The predicted molar refractivity (Wildman–Crippen MR) is 131 cm³/mol. The van der Waals surface area contributed by atoms with Gasteiger partial charge in [-0.1, -0.05) is 62.6 Å². The molecule has 3 saturated carbocycles. The molecule has 0 N–H and O–H groups in total. The molecule has 2 atom stereocenters. The second kappa shape index (κ2) is 11.2. The van der Waals surface area contributed by atoms with Crippen LogP contribution in [0.15, 0.2) is 36.4 Å². The van der Waals surface area contributed by atoms with Crippen molar-refractivity contribution in [1.82, 2.24) is 0 Å². The molecule has 182 valence electrons. The van der Waals surface area contributed by atoms with Crippen LogP contribution >= 0.6 is 0 Å². The number of carbonyl (C=O) groups is 1. The summed E-state index contributed by atoms with van der Waals surface area (Å²) in [5.74, 6) is -0.238. The van der Waals surface area contributed by atoms with Gasteiger partial charge in [0.05, 0.1) is 6.61 Å². The number of carbonyl (C=O) groups excluding carboxylic acids is 1. The zero-order valence-electron chi connectivity index (χ0n) is 20.7. The summed E-state index contributed by atoms with van der Waals surface area (Å²) < 4.78 is 17.1. The maximum absolute atomic E-state index is 11.9. The third-order valence-corrected chi connectivity index (χ3v) is 8.49. The second-order valence-electron chi connectivity index (χ2n) is 10.5. The van der Waals surface area contributed by atoms with Gasteiger partial charge in [0.1, 0.15) is 12.7 Å². The summed E-state index contributed by atoms with van der Waals surface area (Å²) in [6, 6.07) is 9.11. The lowest BCUT2D eigenvalue weighted by Crippen LogP contribution is -2.44. The Hall–Kier alpha value is -1.65. The average Bonchev–Trinajstić information content (AvgIpc) is 2.86. The normalized spacial score (nSPS) is 31.7. The van der Waals surface area contributed by atoms with Gasteiger partial charge in [0.2, 0.25) is 6.29 Å². The van der Waals surface area contributed by atoms with Crippen LogP contribution in [-0.2, 0) is 24.4 Å². The van der Waals surface area contributed by atoms with Crippen molar-refractivity contribution in [2.24, 2.45) is 5.41 Å². The summed E-state index contributed by atoms with van der Waals surface area (Å²) in [6.07, 6.45) is 18.1. The van der Waals surface area contributed by atoms with Gasteiger partial charge >= 0.3 is 5.97 Å². The lowest BCUT2D eigenvalue weighted by Gasteiger charge is -2.54. The van der Waals surface area contributed by atoms with Crippen LogP contribution in [0, 0.1) is 5.41 Å². The topological polar surface area (TPSA) is 44.8 Å². The maximum atomic E-state index is 11.9. The number of rotatable bonds is 10. The van der Waals surface area contributed by atoms with Crippen LogP contribution in [0.5, 0.6) is 0 Å². The number of hydrogen-bond donors (Lipinski definition) is 0. The van der Waals surface area contributed by atoms with E-state index in [1.807, 2.05) is 19.1 Å². The van der Waals surface area contributed by atoms with Gasteiger partial charge < -0.3 is 14.2 Å². The smallest absolute Gasteiger partial charge is 0.308 e. The molecule has 0 radical (unpaired) electrons. The first kappa shape index (κ1) is 24.5.